The van der Waals surface area contributed by atoms with E-state index in [0.29, 0.717) is 6.54 Å². The van der Waals surface area contributed by atoms with E-state index in [2.05, 4.69) is 15.9 Å². The zero-order valence-electron chi connectivity index (χ0n) is 13.7. The van der Waals surface area contributed by atoms with Gasteiger partial charge >= 0.3 is 0 Å². The van der Waals surface area contributed by atoms with E-state index >= 15 is 0 Å². The second-order valence-corrected chi connectivity index (χ2v) is 9.35. The lowest BCUT2D eigenvalue weighted by Gasteiger charge is -2.34. The molecule has 0 aliphatic heterocycles. The first-order valence-electron chi connectivity index (χ1n) is 7.47. The van der Waals surface area contributed by atoms with Crippen LogP contribution < -0.4 is 0 Å². The molecule has 0 bridgehead atoms. The zero-order valence-corrected chi connectivity index (χ0v) is 16.1. The van der Waals surface area contributed by atoms with Crippen LogP contribution in [0.4, 0.5) is 0 Å². The first kappa shape index (κ1) is 18.2. The van der Waals surface area contributed by atoms with Gasteiger partial charge in [-0.3, -0.25) is 0 Å². The van der Waals surface area contributed by atoms with Crippen molar-refractivity contribution in [1.29, 1.82) is 0 Å². The maximum absolute atomic E-state index is 12.9. The molecule has 23 heavy (non-hydrogen) atoms. The summed E-state index contributed by atoms with van der Waals surface area (Å²) in [6.07, 6.45) is 0. The third-order valence-electron chi connectivity index (χ3n) is 3.52. The van der Waals surface area contributed by atoms with Crippen molar-refractivity contribution < 1.29 is 8.42 Å². The Morgan fingerprint density at radius 2 is 1.48 bits per heavy atom. The summed E-state index contributed by atoms with van der Waals surface area (Å²) < 4.78 is 28.4. The lowest BCUT2D eigenvalue weighted by molar-refractivity contribution is 0.242. The summed E-state index contributed by atoms with van der Waals surface area (Å²) in [5.74, 6) is 0.0155. The summed E-state index contributed by atoms with van der Waals surface area (Å²) in [6, 6.07) is 17.1. The Bertz CT molecular complexity index is 735. The molecule has 0 radical (unpaired) electrons. The van der Waals surface area contributed by atoms with Gasteiger partial charge in [-0.2, -0.15) is 4.31 Å². The van der Waals surface area contributed by atoms with E-state index in [1.807, 2.05) is 75.4 Å². The molecule has 0 spiro atoms. The fourth-order valence-electron chi connectivity index (χ4n) is 2.37. The molecule has 0 atom stereocenters. The van der Waals surface area contributed by atoms with Gasteiger partial charge in [-0.25, -0.2) is 8.42 Å². The average Bonchev–Trinajstić information content (AvgIpc) is 2.45. The van der Waals surface area contributed by atoms with Crippen LogP contribution in [0.2, 0.25) is 0 Å². The molecule has 0 heterocycles. The van der Waals surface area contributed by atoms with E-state index in [-0.39, 0.29) is 5.75 Å². The molecule has 0 unspecified atom stereocenters. The van der Waals surface area contributed by atoms with Gasteiger partial charge in [-0.05, 0) is 44.0 Å². The molecule has 2 rings (SSSR count). The number of nitrogens with zero attached hydrogens (tertiary/aromatic N) is 1. The average molecular weight is 396 g/mol. The molecule has 5 heteroatoms. The van der Waals surface area contributed by atoms with Crippen LogP contribution in [0.1, 0.15) is 31.9 Å². The van der Waals surface area contributed by atoms with Crippen LogP contribution in [0.15, 0.2) is 59.1 Å². The highest BCUT2D eigenvalue weighted by atomic mass is 79.9. The second-order valence-electron chi connectivity index (χ2n) is 6.55. The summed E-state index contributed by atoms with van der Waals surface area (Å²) in [5.41, 5.74) is 1.29. The van der Waals surface area contributed by atoms with Gasteiger partial charge in [0.25, 0.3) is 0 Å². The fourth-order valence-corrected chi connectivity index (χ4v) is 4.59. The highest BCUT2D eigenvalue weighted by Gasteiger charge is 2.32. The van der Waals surface area contributed by atoms with Crippen LogP contribution in [-0.2, 0) is 22.3 Å². The Morgan fingerprint density at radius 1 is 0.913 bits per heavy atom. The van der Waals surface area contributed by atoms with E-state index in [1.165, 1.54) is 0 Å². The molecule has 2 aromatic carbocycles. The first-order valence-corrected chi connectivity index (χ1v) is 9.87. The minimum absolute atomic E-state index is 0.0155. The van der Waals surface area contributed by atoms with Crippen molar-refractivity contribution in [2.24, 2.45) is 0 Å². The number of sulfonamides is 1. The molecule has 0 fully saturated rings. The molecular formula is C18H22BrNO2S. The van der Waals surface area contributed by atoms with E-state index in [0.717, 1.165) is 15.6 Å². The van der Waals surface area contributed by atoms with Gasteiger partial charge in [0.1, 0.15) is 0 Å². The van der Waals surface area contributed by atoms with Gasteiger partial charge in [0, 0.05) is 16.6 Å². The molecule has 0 saturated carbocycles. The largest absolute Gasteiger partial charge is 0.219 e. The van der Waals surface area contributed by atoms with Gasteiger partial charge in [0.05, 0.1) is 5.75 Å². The predicted molar refractivity (Wildman–Crippen MR) is 98.5 cm³/mol. The summed E-state index contributed by atoms with van der Waals surface area (Å²) in [4.78, 5) is 0. The van der Waals surface area contributed by atoms with Crippen molar-refractivity contribution in [3.05, 3.63) is 70.2 Å². The molecule has 0 saturated heterocycles. The second kappa shape index (κ2) is 7.16. The Kier molecular flexibility index (Phi) is 5.65. The SMILES string of the molecule is CC(C)(C)N(Cc1ccc(Br)cc1)S(=O)(=O)Cc1ccccc1. The summed E-state index contributed by atoms with van der Waals surface area (Å²) in [7, 11) is -3.42. The molecule has 3 nitrogen and oxygen atoms in total. The normalized spacial score (nSPS) is 12.6. The van der Waals surface area contributed by atoms with Crippen LogP contribution in [0, 0.1) is 0 Å². The summed E-state index contributed by atoms with van der Waals surface area (Å²) in [6.45, 7) is 6.14. The van der Waals surface area contributed by atoms with Crippen molar-refractivity contribution in [2.75, 3.05) is 0 Å². The number of benzene rings is 2. The van der Waals surface area contributed by atoms with Crippen molar-refractivity contribution in [2.45, 2.75) is 38.6 Å². The van der Waals surface area contributed by atoms with Crippen molar-refractivity contribution in [3.8, 4) is 0 Å². The Hall–Kier alpha value is -1.17. The summed E-state index contributed by atoms with van der Waals surface area (Å²) >= 11 is 3.40. The highest BCUT2D eigenvalue weighted by Crippen LogP contribution is 2.25. The van der Waals surface area contributed by atoms with Crippen LogP contribution in [0.5, 0.6) is 0 Å². The molecule has 0 aromatic heterocycles. The lowest BCUT2D eigenvalue weighted by Crippen LogP contribution is -2.45. The van der Waals surface area contributed by atoms with Crippen LogP contribution >= 0.6 is 15.9 Å². The van der Waals surface area contributed by atoms with Gasteiger partial charge in [0.2, 0.25) is 10.0 Å². The zero-order chi connectivity index (χ0) is 17.1. The van der Waals surface area contributed by atoms with Gasteiger partial charge in [-0.1, -0.05) is 58.4 Å². The topological polar surface area (TPSA) is 37.4 Å². The number of rotatable bonds is 5. The first-order chi connectivity index (χ1) is 10.7. The molecule has 0 aliphatic rings. The lowest BCUT2D eigenvalue weighted by atomic mass is 10.1. The number of hydrogen-bond acceptors (Lipinski definition) is 2. The summed E-state index contributed by atoms with van der Waals surface area (Å²) in [5, 5.41) is 0. The Morgan fingerprint density at radius 3 is 2.00 bits per heavy atom. The van der Waals surface area contributed by atoms with Gasteiger partial charge in [0.15, 0.2) is 0 Å². The van der Waals surface area contributed by atoms with Crippen molar-refractivity contribution in [3.63, 3.8) is 0 Å². The molecular weight excluding hydrogens is 374 g/mol. The van der Waals surface area contributed by atoms with E-state index in [9.17, 15) is 8.42 Å². The van der Waals surface area contributed by atoms with Gasteiger partial charge in [-0.15, -0.1) is 0 Å². The van der Waals surface area contributed by atoms with E-state index < -0.39 is 15.6 Å². The maximum Gasteiger partial charge on any atom is 0.219 e. The number of hydrogen-bond donors (Lipinski definition) is 0. The Labute approximate surface area is 147 Å². The standard InChI is InChI=1S/C18H22BrNO2S/c1-18(2,3)20(13-15-9-11-17(19)12-10-15)23(21,22)14-16-7-5-4-6-8-16/h4-12H,13-14H2,1-3H3. The van der Waals surface area contributed by atoms with E-state index in [1.54, 1.807) is 4.31 Å². The molecule has 124 valence electrons. The highest BCUT2D eigenvalue weighted by molar-refractivity contribution is 9.10. The third-order valence-corrected chi connectivity index (χ3v) is 6.09. The third kappa shape index (κ3) is 5.16. The molecule has 0 N–H and O–H groups in total. The van der Waals surface area contributed by atoms with E-state index in [4.69, 9.17) is 0 Å². The van der Waals surface area contributed by atoms with Crippen LogP contribution in [0.3, 0.4) is 0 Å². The van der Waals surface area contributed by atoms with Crippen LogP contribution in [0.25, 0.3) is 0 Å². The Balaban J connectivity index is 2.29. The van der Waals surface area contributed by atoms with Crippen LogP contribution in [-0.4, -0.2) is 18.3 Å². The molecule has 0 aliphatic carbocycles. The fraction of sp³-hybridized carbons (Fsp3) is 0.333. The minimum Gasteiger partial charge on any atom is -0.212 e. The maximum atomic E-state index is 12.9. The minimum atomic E-state index is -3.42. The smallest absolute Gasteiger partial charge is 0.212 e. The molecule has 0 amide bonds. The van der Waals surface area contributed by atoms with Gasteiger partial charge < -0.3 is 0 Å². The monoisotopic (exact) mass is 395 g/mol. The molecule has 2 aromatic rings. The quantitative estimate of drug-likeness (QED) is 0.742. The van der Waals surface area contributed by atoms with Crippen molar-refractivity contribution in [1.82, 2.24) is 4.31 Å². The van der Waals surface area contributed by atoms with Crippen molar-refractivity contribution >= 4 is 26.0 Å². The predicted octanol–water partition coefficient (Wildman–Crippen LogP) is 4.58. The number of halogens is 1.